The van der Waals surface area contributed by atoms with Gasteiger partial charge in [-0.05, 0) is 58.8 Å². The maximum Gasteiger partial charge on any atom is 0.410 e. The second kappa shape index (κ2) is 8.42. The minimum absolute atomic E-state index is 0.104. The Morgan fingerprint density at radius 1 is 1.15 bits per heavy atom. The number of carbonyl (C=O) groups excluding carboxylic acids is 1. The molecule has 0 saturated carbocycles. The van der Waals surface area contributed by atoms with Gasteiger partial charge < -0.3 is 14.7 Å². The molecule has 1 N–H and O–H groups in total. The van der Waals surface area contributed by atoms with Gasteiger partial charge in [-0.15, -0.1) is 0 Å². The predicted molar refractivity (Wildman–Crippen MR) is 104 cm³/mol. The molecule has 1 unspecified atom stereocenters. The predicted octanol–water partition coefficient (Wildman–Crippen LogP) is 3.15. The van der Waals surface area contributed by atoms with E-state index >= 15 is 0 Å². The van der Waals surface area contributed by atoms with Gasteiger partial charge in [0, 0.05) is 38.6 Å². The first-order valence-electron chi connectivity index (χ1n) is 10.1. The lowest BCUT2D eigenvalue weighted by Gasteiger charge is -2.39. The summed E-state index contributed by atoms with van der Waals surface area (Å²) in [6.07, 6.45) is 7.97. The van der Waals surface area contributed by atoms with Gasteiger partial charge in [0.05, 0.1) is 6.04 Å². The van der Waals surface area contributed by atoms with Crippen molar-refractivity contribution >= 4 is 11.9 Å². The van der Waals surface area contributed by atoms with E-state index in [2.05, 4.69) is 14.9 Å². The monoisotopic (exact) mass is 376 g/mol. The zero-order valence-corrected chi connectivity index (χ0v) is 16.7. The van der Waals surface area contributed by atoms with Crippen molar-refractivity contribution in [3.8, 4) is 0 Å². The second-order valence-electron chi connectivity index (χ2n) is 8.56. The lowest BCUT2D eigenvalue weighted by molar-refractivity contribution is 0.00902. The van der Waals surface area contributed by atoms with E-state index in [9.17, 15) is 9.90 Å². The number of aliphatic hydroxyl groups is 1. The van der Waals surface area contributed by atoms with Crippen LogP contribution in [0.15, 0.2) is 12.4 Å². The Morgan fingerprint density at radius 2 is 1.85 bits per heavy atom. The van der Waals surface area contributed by atoms with E-state index in [4.69, 9.17) is 4.74 Å². The van der Waals surface area contributed by atoms with Gasteiger partial charge >= 0.3 is 6.09 Å². The van der Waals surface area contributed by atoms with Crippen LogP contribution in [0.3, 0.4) is 0 Å². The van der Waals surface area contributed by atoms with Gasteiger partial charge in [0.2, 0.25) is 0 Å². The number of nitrogens with zero attached hydrogens (tertiary/aromatic N) is 4. The summed E-state index contributed by atoms with van der Waals surface area (Å²) in [7, 11) is 0. The molecule has 2 aliphatic rings. The Bertz CT molecular complexity index is 638. The zero-order chi connectivity index (χ0) is 19.4. The number of likely N-dealkylation sites (tertiary alicyclic amines) is 1. The molecule has 1 amide bonds. The van der Waals surface area contributed by atoms with E-state index < -0.39 is 5.60 Å². The Balaban J connectivity index is 1.82. The molecule has 1 aromatic heterocycles. The maximum absolute atomic E-state index is 12.8. The van der Waals surface area contributed by atoms with Crippen molar-refractivity contribution in [2.45, 2.75) is 64.5 Å². The number of amides is 1. The molecule has 7 nitrogen and oxygen atoms in total. The van der Waals surface area contributed by atoms with E-state index in [1.54, 1.807) is 12.4 Å². The number of hydrogen-bond acceptors (Lipinski definition) is 6. The molecule has 150 valence electrons. The van der Waals surface area contributed by atoms with Crippen LogP contribution in [0.5, 0.6) is 0 Å². The summed E-state index contributed by atoms with van der Waals surface area (Å²) in [6.45, 7) is 8.32. The average Bonchev–Trinajstić information content (AvgIpc) is 2.67. The molecule has 3 heterocycles. The quantitative estimate of drug-likeness (QED) is 0.873. The Labute approximate surface area is 161 Å². The topological polar surface area (TPSA) is 78.8 Å². The van der Waals surface area contributed by atoms with E-state index in [0.717, 1.165) is 56.7 Å². The molecule has 27 heavy (non-hydrogen) atoms. The Hall–Kier alpha value is -1.89. The summed E-state index contributed by atoms with van der Waals surface area (Å²) >= 11 is 0. The molecular formula is C20H32N4O3. The van der Waals surface area contributed by atoms with Gasteiger partial charge in [0.25, 0.3) is 0 Å². The molecule has 0 spiro atoms. The van der Waals surface area contributed by atoms with Gasteiger partial charge in [0.15, 0.2) is 5.82 Å². The molecule has 2 fully saturated rings. The molecule has 0 bridgehead atoms. The van der Waals surface area contributed by atoms with E-state index in [1.165, 1.54) is 0 Å². The van der Waals surface area contributed by atoms with Crippen molar-refractivity contribution in [3.63, 3.8) is 0 Å². The number of piperidine rings is 2. The fraction of sp³-hybridized carbons (Fsp3) is 0.750. The number of ether oxygens (including phenoxy) is 1. The van der Waals surface area contributed by atoms with Gasteiger partial charge in [-0.3, -0.25) is 9.88 Å². The number of carbonyl (C=O) groups is 1. The molecule has 2 saturated heterocycles. The van der Waals surface area contributed by atoms with E-state index in [-0.39, 0.29) is 18.7 Å². The summed E-state index contributed by atoms with van der Waals surface area (Å²) in [5, 5.41) is 9.39. The van der Waals surface area contributed by atoms with Crippen LogP contribution < -0.4 is 4.90 Å². The standard InChI is InChI=1S/C20H32N4O3/c1-20(2,3)27-19(26)24-11-5-4-6-16(24)17-18(22-10-9-21-17)23-12-7-15(14-25)8-13-23/h9-10,15-16,25H,4-8,11-14H2,1-3H3. The minimum Gasteiger partial charge on any atom is -0.444 e. The van der Waals surface area contributed by atoms with Crippen LogP contribution in [0.4, 0.5) is 10.6 Å². The molecule has 7 heteroatoms. The highest BCUT2D eigenvalue weighted by Crippen LogP contribution is 2.36. The van der Waals surface area contributed by atoms with E-state index in [0.29, 0.717) is 12.5 Å². The molecule has 2 aliphatic heterocycles. The number of anilines is 1. The smallest absolute Gasteiger partial charge is 0.410 e. The third kappa shape index (κ3) is 4.89. The third-order valence-electron chi connectivity index (χ3n) is 5.32. The fourth-order valence-corrected chi connectivity index (χ4v) is 3.90. The number of rotatable bonds is 3. The summed E-state index contributed by atoms with van der Waals surface area (Å²) in [4.78, 5) is 26.1. The average molecular weight is 377 g/mol. The molecule has 1 aromatic rings. The van der Waals surface area contributed by atoms with Crippen LogP contribution in [-0.2, 0) is 4.74 Å². The normalized spacial score (nSPS) is 22.0. The molecule has 3 rings (SSSR count). The maximum atomic E-state index is 12.8. The van der Waals surface area contributed by atoms with Crippen molar-refractivity contribution < 1.29 is 14.6 Å². The molecule has 1 atom stereocenters. The Morgan fingerprint density at radius 3 is 2.52 bits per heavy atom. The van der Waals surface area contributed by atoms with Crippen LogP contribution in [0.2, 0.25) is 0 Å². The molecule has 0 aromatic carbocycles. The highest BCUT2D eigenvalue weighted by atomic mass is 16.6. The van der Waals surface area contributed by atoms with Gasteiger partial charge in [-0.1, -0.05) is 0 Å². The zero-order valence-electron chi connectivity index (χ0n) is 16.7. The summed E-state index contributed by atoms with van der Waals surface area (Å²) < 4.78 is 5.64. The lowest BCUT2D eigenvalue weighted by Crippen LogP contribution is -2.43. The van der Waals surface area contributed by atoms with Crippen molar-refractivity contribution in [2.75, 3.05) is 31.1 Å². The first-order chi connectivity index (χ1) is 12.9. The highest BCUT2D eigenvalue weighted by molar-refractivity contribution is 5.69. The Kier molecular flexibility index (Phi) is 6.19. The van der Waals surface area contributed by atoms with Crippen LogP contribution in [0, 0.1) is 5.92 Å². The highest BCUT2D eigenvalue weighted by Gasteiger charge is 2.35. The van der Waals surface area contributed by atoms with Gasteiger partial charge in [-0.2, -0.15) is 0 Å². The van der Waals surface area contributed by atoms with Gasteiger partial charge in [-0.25, -0.2) is 9.78 Å². The molecule has 0 aliphatic carbocycles. The third-order valence-corrected chi connectivity index (χ3v) is 5.32. The number of aliphatic hydroxyl groups excluding tert-OH is 1. The first-order valence-corrected chi connectivity index (χ1v) is 10.1. The summed E-state index contributed by atoms with van der Waals surface area (Å²) in [5.74, 6) is 1.24. The van der Waals surface area contributed by atoms with Crippen molar-refractivity contribution in [1.82, 2.24) is 14.9 Å². The van der Waals surface area contributed by atoms with Crippen LogP contribution in [0.1, 0.15) is 64.6 Å². The van der Waals surface area contributed by atoms with Crippen LogP contribution in [-0.4, -0.2) is 57.9 Å². The number of hydrogen-bond donors (Lipinski definition) is 1. The lowest BCUT2D eigenvalue weighted by atomic mass is 9.96. The summed E-state index contributed by atoms with van der Waals surface area (Å²) in [6, 6.07) is -0.104. The van der Waals surface area contributed by atoms with Crippen LogP contribution in [0.25, 0.3) is 0 Å². The van der Waals surface area contributed by atoms with Gasteiger partial charge in [0.1, 0.15) is 11.3 Å². The summed E-state index contributed by atoms with van der Waals surface area (Å²) in [5.41, 5.74) is 0.349. The SMILES string of the molecule is CC(C)(C)OC(=O)N1CCCCC1c1nccnc1N1CCC(CO)CC1. The van der Waals surface area contributed by atoms with Crippen molar-refractivity contribution in [2.24, 2.45) is 5.92 Å². The van der Waals surface area contributed by atoms with E-state index in [1.807, 2.05) is 25.7 Å². The first kappa shape index (κ1) is 19.9. The minimum atomic E-state index is -0.517. The molecular weight excluding hydrogens is 344 g/mol. The molecule has 0 radical (unpaired) electrons. The largest absolute Gasteiger partial charge is 0.444 e. The fourth-order valence-electron chi connectivity index (χ4n) is 3.90. The van der Waals surface area contributed by atoms with Crippen molar-refractivity contribution in [3.05, 3.63) is 18.1 Å². The van der Waals surface area contributed by atoms with Crippen LogP contribution >= 0.6 is 0 Å². The number of aromatic nitrogens is 2. The van der Waals surface area contributed by atoms with Crippen molar-refractivity contribution in [1.29, 1.82) is 0 Å². The second-order valence-corrected chi connectivity index (χ2v) is 8.56.